The second-order valence-corrected chi connectivity index (χ2v) is 7.27. The van der Waals surface area contributed by atoms with E-state index < -0.39 is 0 Å². The van der Waals surface area contributed by atoms with E-state index in [9.17, 15) is 4.79 Å². The van der Waals surface area contributed by atoms with Crippen LogP contribution in [-0.4, -0.2) is 28.6 Å². The Morgan fingerprint density at radius 1 is 1.26 bits per heavy atom. The van der Waals surface area contributed by atoms with E-state index in [-0.39, 0.29) is 5.56 Å². The summed E-state index contributed by atoms with van der Waals surface area (Å²) in [6.45, 7) is 0.549. The Morgan fingerprint density at radius 3 is 2.87 bits per heavy atom. The Hall–Kier alpha value is -2.25. The Bertz CT molecular complexity index is 1050. The third-order valence-corrected chi connectivity index (χ3v) is 5.55. The van der Waals surface area contributed by atoms with E-state index in [1.807, 2.05) is 41.9 Å². The molecule has 5 nitrogen and oxygen atoms in total. The first-order valence-electron chi connectivity index (χ1n) is 7.10. The summed E-state index contributed by atoms with van der Waals surface area (Å²) in [5.74, 6) is 0. The number of thiophene rings is 2. The highest BCUT2D eigenvalue weighted by atomic mass is 32.1. The van der Waals surface area contributed by atoms with Crippen molar-refractivity contribution < 1.29 is 0 Å². The fourth-order valence-corrected chi connectivity index (χ4v) is 4.36. The molecule has 0 aliphatic rings. The summed E-state index contributed by atoms with van der Waals surface area (Å²) >= 11 is 3.04. The van der Waals surface area contributed by atoms with Gasteiger partial charge in [0, 0.05) is 20.3 Å². The quantitative estimate of drug-likeness (QED) is 0.574. The van der Waals surface area contributed by atoms with Gasteiger partial charge in [-0.15, -0.1) is 11.3 Å². The van der Waals surface area contributed by atoms with Gasteiger partial charge in [-0.1, -0.05) is 0 Å². The lowest BCUT2D eigenvalue weighted by atomic mass is 10.2. The van der Waals surface area contributed by atoms with E-state index in [1.165, 1.54) is 11.3 Å². The number of hydrogen-bond donors (Lipinski definition) is 0. The van der Waals surface area contributed by atoms with Gasteiger partial charge in [-0.3, -0.25) is 9.36 Å². The molecule has 0 amide bonds. The molecule has 0 bridgehead atoms. The lowest BCUT2D eigenvalue weighted by Crippen LogP contribution is -2.20. The molecule has 0 radical (unpaired) electrons. The first-order valence-corrected chi connectivity index (χ1v) is 8.86. The van der Waals surface area contributed by atoms with Crippen molar-refractivity contribution >= 4 is 48.8 Å². The predicted octanol–water partition coefficient (Wildman–Crippen LogP) is 3.18. The number of pyridine rings is 1. The second-order valence-electron chi connectivity index (χ2n) is 5.49. The highest BCUT2D eigenvalue weighted by Crippen LogP contribution is 2.34. The predicted molar refractivity (Wildman–Crippen MR) is 96.9 cm³/mol. The summed E-state index contributed by atoms with van der Waals surface area (Å²) in [5, 5.41) is 5.02. The Balaban J connectivity index is 1.96. The Kier molecular flexibility index (Phi) is 3.39. The molecule has 0 atom stereocenters. The van der Waals surface area contributed by atoms with Gasteiger partial charge in [0.05, 0.1) is 29.5 Å². The van der Waals surface area contributed by atoms with E-state index >= 15 is 0 Å². The molecule has 0 aliphatic carbocycles. The highest BCUT2D eigenvalue weighted by Gasteiger charge is 2.16. The average Bonchev–Trinajstić information content (AvgIpc) is 3.17. The Morgan fingerprint density at radius 2 is 2.13 bits per heavy atom. The van der Waals surface area contributed by atoms with Crippen molar-refractivity contribution in [3.63, 3.8) is 0 Å². The molecule has 4 aromatic heterocycles. The molecule has 4 rings (SSSR count). The maximum Gasteiger partial charge on any atom is 0.271 e. The van der Waals surface area contributed by atoms with Crippen LogP contribution in [0, 0.1) is 0 Å². The molecule has 0 unspecified atom stereocenters. The Labute approximate surface area is 140 Å². The summed E-state index contributed by atoms with van der Waals surface area (Å²) in [6, 6.07) is 3.98. The molecule has 0 spiro atoms. The van der Waals surface area contributed by atoms with E-state index in [2.05, 4.69) is 9.97 Å². The fraction of sp³-hybridized carbons (Fsp3) is 0.188. The van der Waals surface area contributed by atoms with Gasteiger partial charge >= 0.3 is 0 Å². The first kappa shape index (κ1) is 14.3. The first-order chi connectivity index (χ1) is 11.1. The van der Waals surface area contributed by atoms with Crippen molar-refractivity contribution in [3.05, 3.63) is 51.3 Å². The lowest BCUT2D eigenvalue weighted by molar-refractivity contribution is 0.752. The van der Waals surface area contributed by atoms with Gasteiger partial charge in [-0.2, -0.15) is 11.3 Å². The molecule has 23 heavy (non-hydrogen) atoms. The van der Waals surface area contributed by atoms with Crippen LogP contribution in [0.2, 0.25) is 0 Å². The minimum absolute atomic E-state index is 0.00564. The molecule has 4 aromatic rings. The van der Waals surface area contributed by atoms with Crippen molar-refractivity contribution in [3.8, 4) is 0 Å². The van der Waals surface area contributed by atoms with E-state index in [1.54, 1.807) is 28.4 Å². The number of nitrogens with zero attached hydrogens (tertiary/aromatic N) is 4. The van der Waals surface area contributed by atoms with E-state index in [4.69, 9.17) is 0 Å². The fourth-order valence-electron chi connectivity index (χ4n) is 2.63. The van der Waals surface area contributed by atoms with Crippen molar-refractivity contribution in [1.29, 1.82) is 0 Å². The van der Waals surface area contributed by atoms with Gasteiger partial charge in [0.2, 0.25) is 0 Å². The van der Waals surface area contributed by atoms with E-state index in [0.29, 0.717) is 11.2 Å². The molecule has 116 valence electrons. The van der Waals surface area contributed by atoms with Gasteiger partial charge in [0.1, 0.15) is 9.53 Å². The van der Waals surface area contributed by atoms with Gasteiger partial charge in [0.15, 0.2) is 0 Å². The van der Waals surface area contributed by atoms with Crippen LogP contribution < -0.4 is 10.5 Å². The standard InChI is InChI=1S/C16H14N4OS2/c1-19(2)11-3-5-17-15-12(11)13-14(23-15)16(21)20(9-18-13)7-10-4-6-22-8-10/h3-6,8-9H,7H2,1-2H3. The SMILES string of the molecule is CN(C)c1ccnc2sc3c(=O)n(Cc4ccsc4)cnc3c12. The molecule has 0 aromatic carbocycles. The summed E-state index contributed by atoms with van der Waals surface area (Å²) in [6.07, 6.45) is 3.41. The molecular weight excluding hydrogens is 328 g/mol. The van der Waals surface area contributed by atoms with Gasteiger partial charge in [-0.05, 0) is 28.5 Å². The molecule has 4 heterocycles. The van der Waals surface area contributed by atoms with Gasteiger partial charge in [0.25, 0.3) is 5.56 Å². The van der Waals surface area contributed by atoms with Crippen LogP contribution >= 0.6 is 22.7 Å². The number of fused-ring (bicyclic) bond motifs is 3. The number of anilines is 1. The topological polar surface area (TPSA) is 51.0 Å². The molecule has 0 fully saturated rings. The number of aromatic nitrogens is 3. The lowest BCUT2D eigenvalue weighted by Gasteiger charge is -2.13. The molecule has 0 aliphatic heterocycles. The largest absolute Gasteiger partial charge is 0.377 e. The summed E-state index contributed by atoms with van der Waals surface area (Å²) < 4.78 is 2.33. The van der Waals surface area contributed by atoms with Crippen molar-refractivity contribution in [1.82, 2.24) is 14.5 Å². The summed E-state index contributed by atoms with van der Waals surface area (Å²) in [5.41, 5.74) is 2.89. The normalized spacial score (nSPS) is 11.4. The summed E-state index contributed by atoms with van der Waals surface area (Å²) in [4.78, 5) is 24.7. The van der Waals surface area contributed by atoms with Crippen LogP contribution in [0.4, 0.5) is 5.69 Å². The van der Waals surface area contributed by atoms with Crippen LogP contribution in [0.3, 0.4) is 0 Å². The van der Waals surface area contributed by atoms with E-state index in [0.717, 1.165) is 27.0 Å². The zero-order valence-corrected chi connectivity index (χ0v) is 14.3. The van der Waals surface area contributed by atoms with Crippen molar-refractivity contribution in [2.45, 2.75) is 6.54 Å². The van der Waals surface area contributed by atoms with Crippen molar-refractivity contribution in [2.75, 3.05) is 19.0 Å². The minimum atomic E-state index is -0.00564. The number of rotatable bonds is 3. The minimum Gasteiger partial charge on any atom is -0.377 e. The van der Waals surface area contributed by atoms with Crippen LogP contribution in [0.15, 0.2) is 40.2 Å². The van der Waals surface area contributed by atoms with Crippen LogP contribution in [0.1, 0.15) is 5.56 Å². The van der Waals surface area contributed by atoms with Gasteiger partial charge in [-0.25, -0.2) is 9.97 Å². The van der Waals surface area contributed by atoms with Crippen molar-refractivity contribution in [2.24, 2.45) is 0 Å². The van der Waals surface area contributed by atoms with Crippen LogP contribution in [-0.2, 0) is 6.54 Å². The number of hydrogen-bond acceptors (Lipinski definition) is 6. The van der Waals surface area contributed by atoms with Gasteiger partial charge < -0.3 is 4.90 Å². The average molecular weight is 342 g/mol. The highest BCUT2D eigenvalue weighted by molar-refractivity contribution is 7.25. The van der Waals surface area contributed by atoms with Crippen LogP contribution in [0.25, 0.3) is 20.4 Å². The third kappa shape index (κ3) is 2.32. The molecular formula is C16H14N4OS2. The molecule has 0 N–H and O–H groups in total. The monoisotopic (exact) mass is 342 g/mol. The zero-order chi connectivity index (χ0) is 16.0. The molecule has 0 saturated carbocycles. The van der Waals surface area contributed by atoms with Crippen LogP contribution in [0.5, 0.6) is 0 Å². The second kappa shape index (κ2) is 5.43. The smallest absolute Gasteiger partial charge is 0.271 e. The molecule has 7 heteroatoms. The maximum absolute atomic E-state index is 12.8. The molecule has 0 saturated heterocycles. The summed E-state index contributed by atoms with van der Waals surface area (Å²) in [7, 11) is 3.96. The zero-order valence-electron chi connectivity index (χ0n) is 12.7. The maximum atomic E-state index is 12.8. The third-order valence-electron chi connectivity index (χ3n) is 3.74.